The first-order chi connectivity index (χ1) is 11.5. The molecule has 0 bridgehead atoms. The zero-order valence-electron chi connectivity index (χ0n) is 12.9. The molecule has 3 aromatic rings. The number of hydrogen-bond acceptors (Lipinski definition) is 4. The Labute approximate surface area is 148 Å². The molecule has 0 aliphatic rings. The summed E-state index contributed by atoms with van der Waals surface area (Å²) in [6.07, 6.45) is -0.726. The van der Waals surface area contributed by atoms with Crippen LogP contribution in [0.25, 0.3) is 22.3 Å². The van der Waals surface area contributed by atoms with Crippen molar-refractivity contribution in [1.82, 2.24) is 9.97 Å². The highest BCUT2D eigenvalue weighted by atomic mass is 35.5. The molecule has 0 atom stereocenters. The van der Waals surface area contributed by atoms with E-state index < -0.39 is 6.29 Å². The lowest BCUT2D eigenvalue weighted by molar-refractivity contribution is -0.108. The first-order valence-corrected chi connectivity index (χ1v) is 7.77. The molecule has 0 spiro atoms. The SMILES string of the molecule is COC(OC)c1nc2cc(Cl)c(Cl)cc2nc1-c1ccc(F)cc1. The molecule has 0 radical (unpaired) electrons. The maximum Gasteiger partial charge on any atom is 0.202 e. The molecule has 2 aromatic carbocycles. The van der Waals surface area contributed by atoms with Gasteiger partial charge < -0.3 is 9.47 Å². The molecule has 7 heteroatoms. The molecule has 24 heavy (non-hydrogen) atoms. The van der Waals surface area contributed by atoms with Crippen molar-refractivity contribution in [3.8, 4) is 11.3 Å². The van der Waals surface area contributed by atoms with Crippen LogP contribution in [-0.4, -0.2) is 24.2 Å². The number of methoxy groups -OCH3 is 2. The number of benzene rings is 2. The lowest BCUT2D eigenvalue weighted by Crippen LogP contribution is -2.10. The summed E-state index contributed by atoms with van der Waals surface area (Å²) in [5, 5.41) is 0.761. The van der Waals surface area contributed by atoms with Gasteiger partial charge in [0.2, 0.25) is 6.29 Å². The van der Waals surface area contributed by atoms with Crippen LogP contribution < -0.4 is 0 Å². The normalized spacial score (nSPS) is 11.4. The molecule has 3 rings (SSSR count). The molecule has 0 amide bonds. The van der Waals surface area contributed by atoms with E-state index in [0.717, 1.165) is 0 Å². The van der Waals surface area contributed by atoms with Crippen LogP contribution in [0, 0.1) is 5.82 Å². The van der Waals surface area contributed by atoms with Crippen LogP contribution >= 0.6 is 23.2 Å². The fourth-order valence-electron chi connectivity index (χ4n) is 2.37. The predicted octanol–water partition coefficient (Wildman–Crippen LogP) is 5.03. The van der Waals surface area contributed by atoms with Gasteiger partial charge in [0.25, 0.3) is 0 Å². The lowest BCUT2D eigenvalue weighted by atomic mass is 10.1. The molecule has 4 nitrogen and oxygen atoms in total. The van der Waals surface area contributed by atoms with Gasteiger partial charge in [0, 0.05) is 19.8 Å². The quantitative estimate of drug-likeness (QED) is 0.607. The molecule has 0 saturated heterocycles. The summed E-state index contributed by atoms with van der Waals surface area (Å²) in [7, 11) is 3.01. The van der Waals surface area contributed by atoms with Crippen molar-refractivity contribution in [3.05, 3.63) is 58.0 Å². The number of ether oxygens (including phenoxy) is 2. The molecular formula is C17H13Cl2FN2O2. The van der Waals surface area contributed by atoms with E-state index in [1.165, 1.54) is 26.4 Å². The van der Waals surface area contributed by atoms with Crippen LogP contribution in [0.1, 0.15) is 12.0 Å². The van der Waals surface area contributed by atoms with Gasteiger partial charge in [-0.1, -0.05) is 23.2 Å². The summed E-state index contributed by atoms with van der Waals surface area (Å²) < 4.78 is 23.9. The molecule has 0 aliphatic heterocycles. The van der Waals surface area contributed by atoms with Crippen molar-refractivity contribution in [2.75, 3.05) is 14.2 Å². The van der Waals surface area contributed by atoms with Crippen molar-refractivity contribution >= 4 is 34.2 Å². The van der Waals surface area contributed by atoms with Gasteiger partial charge in [0.1, 0.15) is 11.5 Å². The number of hydrogen-bond donors (Lipinski definition) is 0. The Morgan fingerprint density at radius 3 is 2.00 bits per heavy atom. The fourth-order valence-corrected chi connectivity index (χ4v) is 2.69. The molecule has 0 aliphatic carbocycles. The minimum atomic E-state index is -0.726. The molecule has 0 N–H and O–H groups in total. The Kier molecular flexibility index (Phi) is 4.96. The second-order valence-corrected chi connectivity index (χ2v) is 5.84. The average Bonchev–Trinajstić information content (AvgIpc) is 2.58. The second-order valence-electron chi connectivity index (χ2n) is 5.02. The summed E-state index contributed by atoms with van der Waals surface area (Å²) in [6.45, 7) is 0. The van der Waals surface area contributed by atoms with E-state index in [1.54, 1.807) is 24.3 Å². The third-order valence-corrected chi connectivity index (χ3v) is 4.22. The zero-order valence-corrected chi connectivity index (χ0v) is 14.4. The smallest absolute Gasteiger partial charge is 0.202 e. The molecule has 0 fully saturated rings. The number of fused-ring (bicyclic) bond motifs is 1. The van der Waals surface area contributed by atoms with Gasteiger partial charge in [-0.3, -0.25) is 0 Å². The first kappa shape index (κ1) is 17.0. The maximum absolute atomic E-state index is 13.2. The zero-order chi connectivity index (χ0) is 17.3. The van der Waals surface area contributed by atoms with Gasteiger partial charge >= 0.3 is 0 Å². The van der Waals surface area contributed by atoms with Crippen LogP contribution in [0.4, 0.5) is 4.39 Å². The van der Waals surface area contributed by atoms with Crippen LogP contribution in [0.2, 0.25) is 10.0 Å². The molecule has 0 unspecified atom stereocenters. The first-order valence-electron chi connectivity index (χ1n) is 7.01. The largest absolute Gasteiger partial charge is 0.350 e. The van der Waals surface area contributed by atoms with Gasteiger partial charge in [-0.2, -0.15) is 0 Å². The van der Waals surface area contributed by atoms with Crippen molar-refractivity contribution in [2.24, 2.45) is 0 Å². The van der Waals surface area contributed by atoms with E-state index in [0.29, 0.717) is 38.0 Å². The van der Waals surface area contributed by atoms with Gasteiger partial charge in [-0.25, -0.2) is 14.4 Å². The maximum atomic E-state index is 13.2. The summed E-state index contributed by atoms with van der Waals surface area (Å²) in [5.41, 5.74) is 2.81. The molecular weight excluding hydrogens is 354 g/mol. The van der Waals surface area contributed by atoms with Crippen LogP contribution in [0.3, 0.4) is 0 Å². The van der Waals surface area contributed by atoms with Crippen molar-refractivity contribution < 1.29 is 13.9 Å². The van der Waals surface area contributed by atoms with Crippen LogP contribution in [0.5, 0.6) is 0 Å². The third-order valence-electron chi connectivity index (χ3n) is 3.50. The van der Waals surface area contributed by atoms with Crippen LogP contribution in [-0.2, 0) is 9.47 Å². The summed E-state index contributed by atoms with van der Waals surface area (Å²) in [4.78, 5) is 9.17. The Bertz CT molecular complexity index is 884. The summed E-state index contributed by atoms with van der Waals surface area (Å²) >= 11 is 12.1. The minimum absolute atomic E-state index is 0.334. The highest BCUT2D eigenvalue weighted by Crippen LogP contribution is 2.32. The lowest BCUT2D eigenvalue weighted by Gasteiger charge is -2.17. The Balaban J connectivity index is 2.29. The minimum Gasteiger partial charge on any atom is -0.350 e. The van der Waals surface area contributed by atoms with E-state index in [1.807, 2.05) is 0 Å². The van der Waals surface area contributed by atoms with E-state index >= 15 is 0 Å². The molecule has 124 valence electrons. The topological polar surface area (TPSA) is 44.2 Å². The summed E-state index contributed by atoms with van der Waals surface area (Å²) in [5.74, 6) is -0.334. The highest BCUT2D eigenvalue weighted by Gasteiger charge is 2.20. The van der Waals surface area contributed by atoms with Crippen LogP contribution in [0.15, 0.2) is 36.4 Å². The summed E-state index contributed by atoms with van der Waals surface area (Å²) in [6, 6.07) is 9.22. The van der Waals surface area contributed by atoms with Crippen molar-refractivity contribution in [2.45, 2.75) is 6.29 Å². The Morgan fingerprint density at radius 2 is 1.46 bits per heavy atom. The monoisotopic (exact) mass is 366 g/mol. The fraction of sp³-hybridized carbons (Fsp3) is 0.176. The Morgan fingerprint density at radius 1 is 0.917 bits per heavy atom. The standard InChI is InChI=1S/C17H13Cl2FN2O2/c1-23-17(24-2)16-15(9-3-5-10(20)6-4-9)21-13-7-11(18)12(19)8-14(13)22-16/h3-8,17H,1-2H3. The molecule has 1 aromatic heterocycles. The van der Waals surface area contributed by atoms with Gasteiger partial charge in [0.05, 0.1) is 26.8 Å². The highest BCUT2D eigenvalue weighted by molar-refractivity contribution is 6.42. The van der Waals surface area contributed by atoms with Crippen molar-refractivity contribution in [1.29, 1.82) is 0 Å². The van der Waals surface area contributed by atoms with Gasteiger partial charge in [-0.15, -0.1) is 0 Å². The third kappa shape index (κ3) is 3.21. The van der Waals surface area contributed by atoms with Gasteiger partial charge in [-0.05, 0) is 36.4 Å². The Hall–Kier alpha value is -1.79. The van der Waals surface area contributed by atoms with E-state index in [4.69, 9.17) is 32.7 Å². The molecule has 0 saturated carbocycles. The van der Waals surface area contributed by atoms with Gasteiger partial charge in [0.15, 0.2) is 0 Å². The number of rotatable bonds is 4. The number of nitrogens with zero attached hydrogens (tertiary/aromatic N) is 2. The van der Waals surface area contributed by atoms with E-state index in [2.05, 4.69) is 9.97 Å². The predicted molar refractivity (Wildman–Crippen MR) is 91.7 cm³/mol. The van der Waals surface area contributed by atoms with E-state index in [9.17, 15) is 4.39 Å². The molecule has 1 heterocycles. The average molecular weight is 367 g/mol. The second kappa shape index (κ2) is 6.99. The van der Waals surface area contributed by atoms with E-state index in [-0.39, 0.29) is 5.82 Å². The number of aromatic nitrogens is 2. The number of halogens is 3. The van der Waals surface area contributed by atoms with Crippen molar-refractivity contribution in [3.63, 3.8) is 0 Å².